The van der Waals surface area contributed by atoms with E-state index in [1.165, 1.54) is 12.1 Å². The third kappa shape index (κ3) is 2.70. The third-order valence-electron chi connectivity index (χ3n) is 2.75. The van der Waals surface area contributed by atoms with Crippen molar-refractivity contribution in [3.63, 3.8) is 0 Å². The van der Waals surface area contributed by atoms with E-state index in [1.807, 2.05) is 18.2 Å². The molecule has 21 heavy (non-hydrogen) atoms. The van der Waals surface area contributed by atoms with Crippen molar-refractivity contribution < 1.29 is 13.2 Å². The van der Waals surface area contributed by atoms with Crippen molar-refractivity contribution in [3.05, 3.63) is 47.5 Å². The Bertz CT molecular complexity index is 907. The van der Waals surface area contributed by atoms with Crippen LogP contribution in [-0.4, -0.2) is 29.1 Å². The molecule has 2 aromatic carbocycles. The number of rotatable bonds is 3. The number of halogens is 1. The predicted octanol–water partition coefficient (Wildman–Crippen LogP) is 2.68. The zero-order chi connectivity index (χ0) is 15.0. The van der Waals surface area contributed by atoms with Crippen LogP contribution in [-0.2, 0) is 10.0 Å². The summed E-state index contributed by atoms with van der Waals surface area (Å²) < 4.78 is 29.8. The minimum atomic E-state index is -3.54. The Labute approximate surface area is 126 Å². The molecule has 1 heterocycles. The Kier molecular flexibility index (Phi) is 3.30. The van der Waals surface area contributed by atoms with Crippen LogP contribution in [0.3, 0.4) is 0 Å². The molecule has 6 nitrogen and oxygen atoms in total. The Morgan fingerprint density at radius 3 is 2.57 bits per heavy atom. The van der Waals surface area contributed by atoms with Gasteiger partial charge in [0.15, 0.2) is 0 Å². The van der Waals surface area contributed by atoms with Gasteiger partial charge in [0.1, 0.15) is 22.5 Å². The van der Waals surface area contributed by atoms with E-state index in [9.17, 15) is 8.42 Å². The predicted molar refractivity (Wildman–Crippen MR) is 79.3 cm³/mol. The summed E-state index contributed by atoms with van der Waals surface area (Å²) in [6, 6.07) is 12.1. The minimum absolute atomic E-state index is 0.313. The lowest BCUT2D eigenvalue weighted by atomic mass is 10.3. The first kappa shape index (κ1) is 13.8. The maximum absolute atomic E-state index is 11.6. The number of benzene rings is 2. The molecule has 3 aromatic rings. The summed E-state index contributed by atoms with van der Waals surface area (Å²) in [4.78, 5) is 0. The van der Waals surface area contributed by atoms with Gasteiger partial charge in [-0.3, -0.25) is 0 Å². The molecule has 0 aliphatic rings. The topological polar surface area (TPSA) is 74.1 Å². The number of fused-ring (bicyclic) bond motifs is 1. The van der Waals surface area contributed by atoms with Gasteiger partial charge in [0.05, 0.1) is 11.3 Å². The highest BCUT2D eigenvalue weighted by atomic mass is 35.5. The molecule has 3 rings (SSSR count). The van der Waals surface area contributed by atoms with Crippen LogP contribution in [0, 0.1) is 0 Å². The molecule has 0 fully saturated rings. The maximum atomic E-state index is 11.6. The number of hydrogen-bond donors (Lipinski definition) is 0. The van der Waals surface area contributed by atoms with Crippen LogP contribution in [0.1, 0.15) is 0 Å². The van der Waals surface area contributed by atoms with Crippen LogP contribution in [0.15, 0.2) is 42.5 Å². The highest BCUT2D eigenvalue weighted by Crippen LogP contribution is 2.32. The Morgan fingerprint density at radius 1 is 1.19 bits per heavy atom. The van der Waals surface area contributed by atoms with E-state index in [0.717, 1.165) is 10.3 Å². The summed E-state index contributed by atoms with van der Waals surface area (Å²) in [5.41, 5.74) is 0.693. The highest BCUT2D eigenvalue weighted by molar-refractivity contribution is 7.89. The summed E-state index contributed by atoms with van der Waals surface area (Å²) in [7, 11) is -3.54. The largest absolute Gasteiger partial charge is 0.456 e. The number of hydrogen-bond acceptors (Lipinski definition) is 5. The van der Waals surface area contributed by atoms with Crippen molar-refractivity contribution >= 4 is 32.7 Å². The first-order valence-corrected chi connectivity index (χ1v) is 8.16. The van der Waals surface area contributed by atoms with Gasteiger partial charge in [0.2, 0.25) is 0 Å². The molecule has 0 bridgehead atoms. The van der Waals surface area contributed by atoms with Crippen LogP contribution in [0.2, 0.25) is 5.02 Å². The quantitative estimate of drug-likeness (QED) is 0.741. The Morgan fingerprint density at radius 2 is 1.90 bits per heavy atom. The third-order valence-corrected chi connectivity index (χ3v) is 3.95. The van der Waals surface area contributed by atoms with Crippen molar-refractivity contribution in [2.45, 2.75) is 0 Å². The summed E-state index contributed by atoms with van der Waals surface area (Å²) >= 11 is 6.13. The molecule has 0 atom stereocenters. The van der Waals surface area contributed by atoms with Gasteiger partial charge < -0.3 is 4.74 Å². The minimum Gasteiger partial charge on any atom is -0.456 e. The monoisotopic (exact) mass is 323 g/mol. The van der Waals surface area contributed by atoms with E-state index in [-0.39, 0.29) is 0 Å². The molecule has 0 N–H and O–H groups in total. The molecule has 1 aromatic heterocycles. The van der Waals surface area contributed by atoms with Gasteiger partial charge in [-0.1, -0.05) is 35.0 Å². The smallest absolute Gasteiger partial charge is 0.252 e. The van der Waals surface area contributed by atoms with Crippen LogP contribution in [0.4, 0.5) is 0 Å². The summed E-state index contributed by atoms with van der Waals surface area (Å²) in [6.07, 6.45) is 1.05. The fourth-order valence-electron chi connectivity index (χ4n) is 1.84. The molecule has 0 amide bonds. The van der Waals surface area contributed by atoms with Gasteiger partial charge in [0.25, 0.3) is 10.0 Å². The Hall–Kier alpha value is -2.12. The molecule has 0 saturated carbocycles. The van der Waals surface area contributed by atoms with Gasteiger partial charge in [-0.25, -0.2) is 8.42 Å². The zero-order valence-corrected chi connectivity index (χ0v) is 12.5. The van der Waals surface area contributed by atoms with Crippen LogP contribution < -0.4 is 4.74 Å². The lowest BCUT2D eigenvalue weighted by Gasteiger charge is -2.07. The van der Waals surface area contributed by atoms with Gasteiger partial charge in [-0.15, -0.1) is 9.19 Å². The lowest BCUT2D eigenvalue weighted by molar-refractivity contribution is 0.483. The second-order valence-electron chi connectivity index (χ2n) is 4.38. The summed E-state index contributed by atoms with van der Waals surface area (Å²) in [5.74, 6) is 0.930. The van der Waals surface area contributed by atoms with E-state index in [2.05, 4.69) is 10.3 Å². The van der Waals surface area contributed by atoms with E-state index >= 15 is 0 Å². The first-order chi connectivity index (χ1) is 9.95. The van der Waals surface area contributed by atoms with Gasteiger partial charge in [0, 0.05) is 6.07 Å². The number of ether oxygens (including phenoxy) is 1. The van der Waals surface area contributed by atoms with Crippen molar-refractivity contribution in [2.75, 3.05) is 6.26 Å². The molecule has 0 aliphatic heterocycles. The van der Waals surface area contributed by atoms with Crippen molar-refractivity contribution in [2.24, 2.45) is 0 Å². The standard InChI is InChI=1S/C13H10ClN3O3S/c1-21(18,19)17-12-8-13(10(14)7-11(12)15-16-17)20-9-5-3-2-4-6-9/h2-8H,1H3. The zero-order valence-electron chi connectivity index (χ0n) is 10.9. The SMILES string of the molecule is CS(=O)(=O)n1nnc2cc(Cl)c(Oc3ccccc3)cc21. The molecule has 8 heteroatoms. The number of aromatic nitrogens is 3. The average Bonchev–Trinajstić information content (AvgIpc) is 2.83. The van der Waals surface area contributed by atoms with Crippen LogP contribution in [0.5, 0.6) is 11.5 Å². The molecule has 108 valence electrons. The molecular formula is C13H10ClN3O3S. The second-order valence-corrected chi connectivity index (χ2v) is 6.60. The van der Waals surface area contributed by atoms with Gasteiger partial charge >= 0.3 is 0 Å². The Balaban J connectivity index is 2.13. The van der Waals surface area contributed by atoms with Crippen LogP contribution in [0.25, 0.3) is 11.0 Å². The molecule has 0 aliphatic carbocycles. The highest BCUT2D eigenvalue weighted by Gasteiger charge is 2.16. The summed E-state index contributed by atoms with van der Waals surface area (Å²) in [6.45, 7) is 0. The van der Waals surface area contributed by atoms with E-state index in [4.69, 9.17) is 16.3 Å². The molecular weight excluding hydrogens is 314 g/mol. The summed E-state index contributed by atoms with van der Waals surface area (Å²) in [5, 5.41) is 7.73. The number of nitrogens with zero attached hydrogens (tertiary/aromatic N) is 3. The second kappa shape index (κ2) is 5.01. The molecule has 0 unspecified atom stereocenters. The van der Waals surface area contributed by atoms with Crippen molar-refractivity contribution in [1.29, 1.82) is 0 Å². The average molecular weight is 324 g/mol. The molecule has 0 radical (unpaired) electrons. The normalized spacial score (nSPS) is 11.7. The fourth-order valence-corrected chi connectivity index (χ4v) is 2.71. The van der Waals surface area contributed by atoms with Crippen molar-refractivity contribution in [1.82, 2.24) is 14.4 Å². The molecule has 0 saturated heterocycles. The van der Waals surface area contributed by atoms with Gasteiger partial charge in [-0.2, -0.15) is 0 Å². The number of para-hydroxylation sites is 1. The van der Waals surface area contributed by atoms with Crippen LogP contribution >= 0.6 is 11.6 Å². The fraction of sp³-hybridized carbons (Fsp3) is 0.0769. The molecule has 0 spiro atoms. The maximum Gasteiger partial charge on any atom is 0.252 e. The lowest BCUT2D eigenvalue weighted by Crippen LogP contribution is -2.11. The first-order valence-electron chi connectivity index (χ1n) is 5.93. The van der Waals surface area contributed by atoms with E-state index in [1.54, 1.807) is 12.1 Å². The van der Waals surface area contributed by atoms with E-state index in [0.29, 0.717) is 27.6 Å². The van der Waals surface area contributed by atoms with Crippen molar-refractivity contribution in [3.8, 4) is 11.5 Å². The van der Waals surface area contributed by atoms with E-state index < -0.39 is 10.0 Å². The van der Waals surface area contributed by atoms with Gasteiger partial charge in [-0.05, 0) is 18.2 Å².